The number of amides is 2. The van der Waals surface area contributed by atoms with Crippen LogP contribution in [0.3, 0.4) is 0 Å². The van der Waals surface area contributed by atoms with Crippen molar-refractivity contribution in [3.05, 3.63) is 40.6 Å². The summed E-state index contributed by atoms with van der Waals surface area (Å²) in [6.45, 7) is 2.62. The summed E-state index contributed by atoms with van der Waals surface area (Å²) in [5.41, 5.74) is -2.10. The lowest BCUT2D eigenvalue weighted by molar-refractivity contribution is -0.138. The fourth-order valence-electron chi connectivity index (χ4n) is 3.52. The van der Waals surface area contributed by atoms with E-state index in [-0.39, 0.29) is 23.9 Å². The molecule has 32 heavy (non-hydrogen) atoms. The van der Waals surface area contributed by atoms with Gasteiger partial charge in [0, 0.05) is 39.7 Å². The van der Waals surface area contributed by atoms with Crippen LogP contribution in [0.25, 0.3) is 0 Å². The first-order valence-electron chi connectivity index (χ1n) is 9.95. The maximum Gasteiger partial charge on any atom is 0.417 e. The van der Waals surface area contributed by atoms with Gasteiger partial charge in [0.05, 0.1) is 18.0 Å². The van der Waals surface area contributed by atoms with Crippen molar-refractivity contribution in [2.45, 2.75) is 32.4 Å². The number of halogens is 3. The lowest BCUT2D eigenvalue weighted by Crippen LogP contribution is -2.36. The summed E-state index contributed by atoms with van der Waals surface area (Å²) in [7, 11) is 1.20. The van der Waals surface area contributed by atoms with Gasteiger partial charge in [0.1, 0.15) is 11.5 Å². The molecule has 0 unspecified atom stereocenters. The Morgan fingerprint density at radius 2 is 1.84 bits per heavy atom. The molecule has 12 heteroatoms. The minimum absolute atomic E-state index is 0.0208. The van der Waals surface area contributed by atoms with E-state index in [4.69, 9.17) is 0 Å². The Balaban J connectivity index is 1.55. The second kappa shape index (κ2) is 9.37. The van der Waals surface area contributed by atoms with Crippen LogP contribution in [0.1, 0.15) is 31.7 Å². The third-order valence-corrected chi connectivity index (χ3v) is 5.14. The van der Waals surface area contributed by atoms with Crippen molar-refractivity contribution in [2.75, 3.05) is 28.6 Å². The van der Waals surface area contributed by atoms with Gasteiger partial charge in [-0.25, -0.2) is 9.97 Å². The lowest BCUT2D eigenvalue weighted by atomic mass is 9.93. The van der Waals surface area contributed by atoms with Gasteiger partial charge in [-0.1, -0.05) is 0 Å². The zero-order valence-corrected chi connectivity index (χ0v) is 17.6. The number of alkyl halides is 3. The molecule has 2 aromatic rings. The van der Waals surface area contributed by atoms with Crippen molar-refractivity contribution in [1.82, 2.24) is 14.5 Å². The zero-order chi connectivity index (χ0) is 23.5. The van der Waals surface area contributed by atoms with Crippen LogP contribution in [0, 0.1) is 5.92 Å². The first kappa shape index (κ1) is 23.2. The molecule has 0 bridgehead atoms. The van der Waals surface area contributed by atoms with Crippen LogP contribution in [-0.2, 0) is 22.8 Å². The van der Waals surface area contributed by atoms with Crippen molar-refractivity contribution < 1.29 is 22.8 Å². The smallest absolute Gasteiger partial charge is 0.355 e. The minimum atomic E-state index is -4.62. The molecule has 1 fully saturated rings. The Labute approximate surface area is 181 Å². The largest absolute Gasteiger partial charge is 0.417 e. The molecule has 0 spiro atoms. The van der Waals surface area contributed by atoms with Crippen molar-refractivity contribution in [3.63, 3.8) is 0 Å². The molecular weight excluding hydrogens is 429 g/mol. The molecular formula is C20H23F3N6O3. The Morgan fingerprint density at radius 3 is 2.41 bits per heavy atom. The molecule has 0 aromatic carbocycles. The molecule has 9 nitrogen and oxygen atoms in total. The summed E-state index contributed by atoms with van der Waals surface area (Å²) in [5.74, 6) is 0.281. The van der Waals surface area contributed by atoms with Crippen LogP contribution >= 0.6 is 0 Å². The predicted octanol–water partition coefficient (Wildman–Crippen LogP) is 2.40. The van der Waals surface area contributed by atoms with E-state index in [0.717, 1.165) is 4.57 Å². The third kappa shape index (κ3) is 5.83. The molecule has 2 N–H and O–H groups in total. The number of nitrogens with zero attached hydrogens (tertiary/aromatic N) is 4. The van der Waals surface area contributed by atoms with E-state index < -0.39 is 23.2 Å². The van der Waals surface area contributed by atoms with Gasteiger partial charge in [-0.05, 0) is 24.8 Å². The summed E-state index contributed by atoms with van der Waals surface area (Å²) in [5, 5.41) is 4.87. The topological polar surface area (TPSA) is 109 Å². The number of anilines is 3. The van der Waals surface area contributed by atoms with Gasteiger partial charge in [0.25, 0.3) is 5.56 Å². The Hall–Kier alpha value is -3.44. The van der Waals surface area contributed by atoms with E-state index >= 15 is 0 Å². The monoisotopic (exact) mass is 452 g/mol. The fraction of sp³-hybridized carbons (Fsp3) is 0.450. The Morgan fingerprint density at radius 1 is 1.16 bits per heavy atom. The van der Waals surface area contributed by atoms with Gasteiger partial charge >= 0.3 is 6.18 Å². The van der Waals surface area contributed by atoms with E-state index in [0.29, 0.717) is 49.8 Å². The van der Waals surface area contributed by atoms with E-state index in [1.807, 2.05) is 4.90 Å². The molecule has 2 aromatic heterocycles. The number of piperidine rings is 1. The summed E-state index contributed by atoms with van der Waals surface area (Å²) in [6, 6.07) is 0.659. The molecule has 1 saturated heterocycles. The van der Waals surface area contributed by atoms with E-state index in [2.05, 4.69) is 20.6 Å². The predicted molar refractivity (Wildman–Crippen MR) is 111 cm³/mol. The summed E-state index contributed by atoms with van der Waals surface area (Å²) >= 11 is 0. The third-order valence-electron chi connectivity index (χ3n) is 5.14. The van der Waals surface area contributed by atoms with Crippen molar-refractivity contribution in [1.29, 1.82) is 0 Å². The maximum atomic E-state index is 13.0. The molecule has 0 atom stereocenters. The number of carbonyl (C=O) groups excluding carboxylic acids is 2. The van der Waals surface area contributed by atoms with Gasteiger partial charge in [-0.2, -0.15) is 13.2 Å². The highest BCUT2D eigenvalue weighted by atomic mass is 19.4. The number of hydrogen-bond donors (Lipinski definition) is 2. The van der Waals surface area contributed by atoms with Crippen LogP contribution in [-0.4, -0.2) is 39.4 Å². The molecule has 1 aliphatic heterocycles. The first-order valence-corrected chi connectivity index (χ1v) is 9.95. The summed E-state index contributed by atoms with van der Waals surface area (Å²) in [6.07, 6.45) is 0.528. The number of pyridine rings is 1. The van der Waals surface area contributed by atoms with Crippen molar-refractivity contribution in [3.8, 4) is 0 Å². The quantitative estimate of drug-likeness (QED) is 0.721. The van der Waals surface area contributed by atoms with E-state index in [1.165, 1.54) is 20.2 Å². The van der Waals surface area contributed by atoms with Gasteiger partial charge in [-0.3, -0.25) is 14.4 Å². The van der Waals surface area contributed by atoms with Crippen LogP contribution in [0.2, 0.25) is 0 Å². The second-order valence-corrected chi connectivity index (χ2v) is 7.68. The van der Waals surface area contributed by atoms with Crippen LogP contribution < -0.4 is 21.1 Å². The molecule has 172 valence electrons. The number of nitrogens with one attached hydrogen (secondary N) is 2. The number of aryl methyl sites for hydroxylation is 1. The molecule has 2 amide bonds. The average Bonchev–Trinajstić information content (AvgIpc) is 2.71. The van der Waals surface area contributed by atoms with Crippen molar-refractivity contribution in [2.24, 2.45) is 13.0 Å². The number of hydrogen-bond acceptors (Lipinski definition) is 6. The van der Waals surface area contributed by atoms with Gasteiger partial charge in [0.2, 0.25) is 11.8 Å². The average molecular weight is 452 g/mol. The molecule has 3 heterocycles. The number of aromatic nitrogens is 3. The maximum absolute atomic E-state index is 13.0. The lowest BCUT2D eigenvalue weighted by Gasteiger charge is -2.32. The highest BCUT2D eigenvalue weighted by Crippen LogP contribution is 2.30. The van der Waals surface area contributed by atoms with Crippen LogP contribution in [0.15, 0.2) is 29.5 Å². The SMILES string of the molecule is CC(=O)Nc1cnc(N2CCC(CC(=O)Nc3cc(C(F)(F)F)cn(C)c3=O)CC2)cn1. The molecule has 0 aliphatic carbocycles. The Kier molecular flexibility index (Phi) is 6.80. The number of rotatable bonds is 5. The summed E-state index contributed by atoms with van der Waals surface area (Å²) < 4.78 is 39.8. The van der Waals surface area contributed by atoms with E-state index in [1.54, 1.807) is 6.20 Å². The molecule has 3 rings (SSSR count). The normalized spacial score (nSPS) is 14.8. The summed E-state index contributed by atoms with van der Waals surface area (Å²) in [4.78, 5) is 45.9. The number of carbonyl (C=O) groups is 2. The highest BCUT2D eigenvalue weighted by molar-refractivity contribution is 5.90. The van der Waals surface area contributed by atoms with Gasteiger partial charge in [0.15, 0.2) is 5.82 Å². The molecule has 0 saturated carbocycles. The zero-order valence-electron chi connectivity index (χ0n) is 17.6. The molecule has 1 aliphatic rings. The molecule has 0 radical (unpaired) electrons. The highest BCUT2D eigenvalue weighted by Gasteiger charge is 2.32. The standard InChI is InChI=1S/C20H23F3N6O3/c1-12(30)26-16-9-25-17(10-24-16)29-5-3-13(4-6-29)7-18(31)27-15-8-14(20(21,22)23)11-28(2)19(15)32/h8-11,13H,3-7H2,1-2H3,(H,27,31)(H,24,26,30). The first-order chi connectivity index (χ1) is 15.0. The van der Waals surface area contributed by atoms with E-state index in [9.17, 15) is 27.6 Å². The van der Waals surface area contributed by atoms with Crippen molar-refractivity contribution >= 4 is 29.1 Å². The van der Waals surface area contributed by atoms with Crippen LogP contribution in [0.5, 0.6) is 0 Å². The minimum Gasteiger partial charge on any atom is -0.355 e. The second-order valence-electron chi connectivity index (χ2n) is 7.68. The van der Waals surface area contributed by atoms with Gasteiger partial charge in [-0.15, -0.1) is 0 Å². The van der Waals surface area contributed by atoms with Crippen LogP contribution in [0.4, 0.5) is 30.5 Å². The van der Waals surface area contributed by atoms with Gasteiger partial charge < -0.3 is 20.1 Å². The Bertz CT molecular complexity index is 1040. The fourth-order valence-corrected chi connectivity index (χ4v) is 3.52.